The van der Waals surface area contributed by atoms with Gasteiger partial charge in [-0.05, 0) is 49.2 Å². The first-order valence-electron chi connectivity index (χ1n) is 13.0. The van der Waals surface area contributed by atoms with Gasteiger partial charge >= 0.3 is 0 Å². The highest BCUT2D eigenvalue weighted by atomic mass is 35.5. The molecule has 1 saturated carbocycles. The molecule has 4 aromatic rings. The number of nitrogens with one attached hydrogen (secondary N) is 4. The molecule has 5 N–H and O–H groups in total. The Hall–Kier alpha value is -4.42. The monoisotopic (exact) mass is 581 g/mol. The van der Waals surface area contributed by atoms with Crippen molar-refractivity contribution in [3.05, 3.63) is 76.8 Å². The van der Waals surface area contributed by atoms with Crippen molar-refractivity contribution in [1.29, 1.82) is 0 Å². The number of ketones is 1. The van der Waals surface area contributed by atoms with Crippen molar-refractivity contribution < 1.29 is 23.9 Å². The second kappa shape index (κ2) is 12.0. The average molecular weight is 582 g/mol. The number of Topliss-reactive ketones (excluding diaryl/α,β-unsaturated/α-hetero) is 1. The first-order chi connectivity index (χ1) is 19.7. The molecule has 0 radical (unpaired) electrons. The van der Waals surface area contributed by atoms with E-state index in [-0.39, 0.29) is 53.6 Å². The zero-order chi connectivity index (χ0) is 29.1. The summed E-state index contributed by atoms with van der Waals surface area (Å²) < 4.78 is 15.6. The molecule has 0 aliphatic heterocycles. The summed E-state index contributed by atoms with van der Waals surface area (Å²) in [5.41, 5.74) is 1.52. The van der Waals surface area contributed by atoms with E-state index in [1.165, 1.54) is 28.6 Å². The molecule has 214 valence electrons. The van der Waals surface area contributed by atoms with Gasteiger partial charge in [0.25, 0.3) is 0 Å². The largest absolute Gasteiger partial charge is 0.357 e. The van der Waals surface area contributed by atoms with Crippen molar-refractivity contribution >= 4 is 51.6 Å². The summed E-state index contributed by atoms with van der Waals surface area (Å²) in [5, 5.41) is 23.6. The molecule has 0 saturated heterocycles. The molecule has 1 atom stereocenters. The Morgan fingerprint density at radius 3 is 2.71 bits per heavy atom. The lowest BCUT2D eigenvalue weighted by molar-refractivity contribution is -0.137. The van der Waals surface area contributed by atoms with Gasteiger partial charge < -0.3 is 30.9 Å². The maximum absolute atomic E-state index is 14.2. The van der Waals surface area contributed by atoms with Crippen molar-refractivity contribution in [1.82, 2.24) is 25.0 Å². The van der Waals surface area contributed by atoms with Crippen molar-refractivity contribution in [2.24, 2.45) is 0 Å². The predicted octanol–water partition coefficient (Wildman–Crippen LogP) is 3.47. The molecular formula is C28H29ClFN7O4. The third-order valence-electron chi connectivity index (χ3n) is 6.69. The summed E-state index contributed by atoms with van der Waals surface area (Å²) >= 11 is 5.81. The molecule has 1 aliphatic rings. The molecule has 1 aliphatic carbocycles. The molecule has 2 heterocycles. The maximum atomic E-state index is 14.2. The van der Waals surface area contributed by atoms with Gasteiger partial charge in [0.1, 0.15) is 23.9 Å². The highest BCUT2D eigenvalue weighted by Gasteiger charge is 2.34. The van der Waals surface area contributed by atoms with E-state index in [0.29, 0.717) is 22.4 Å². The fourth-order valence-corrected chi connectivity index (χ4v) is 4.72. The Morgan fingerprint density at radius 2 is 2.00 bits per heavy atom. The van der Waals surface area contributed by atoms with Crippen LogP contribution in [0, 0.1) is 5.82 Å². The molecule has 0 spiro atoms. The summed E-state index contributed by atoms with van der Waals surface area (Å²) in [6, 6.07) is 13.1. The number of carbonyl (C=O) groups is 3. The molecule has 2 aromatic heterocycles. The summed E-state index contributed by atoms with van der Waals surface area (Å²) in [7, 11) is 0. The third kappa shape index (κ3) is 6.67. The number of hydrogen-bond donors (Lipinski definition) is 5. The van der Waals surface area contributed by atoms with Crippen LogP contribution in [0.2, 0.25) is 5.02 Å². The van der Waals surface area contributed by atoms with Crippen LogP contribution in [-0.2, 0) is 22.7 Å². The van der Waals surface area contributed by atoms with Crippen LogP contribution in [0.4, 0.5) is 15.9 Å². The minimum absolute atomic E-state index is 0.0322. The predicted molar refractivity (Wildman–Crippen MR) is 152 cm³/mol. The lowest BCUT2D eigenvalue weighted by Crippen LogP contribution is -2.43. The number of amides is 2. The average Bonchev–Trinajstić information content (AvgIpc) is 3.53. The molecule has 1 fully saturated rings. The Morgan fingerprint density at radius 1 is 1.20 bits per heavy atom. The Balaban J connectivity index is 1.28. The summed E-state index contributed by atoms with van der Waals surface area (Å²) in [6.45, 7) is 0.957. The number of hydrogen-bond acceptors (Lipinski definition) is 7. The lowest BCUT2D eigenvalue weighted by Gasteiger charge is -2.22. The second-order valence-corrected chi connectivity index (χ2v) is 10.2. The van der Waals surface area contributed by atoms with E-state index in [1.807, 2.05) is 0 Å². The number of nitrogens with zero attached hydrogens (tertiary/aromatic N) is 3. The van der Waals surface area contributed by atoms with E-state index < -0.39 is 18.1 Å². The van der Waals surface area contributed by atoms with E-state index in [9.17, 15) is 23.9 Å². The number of halogens is 2. The second-order valence-electron chi connectivity index (χ2n) is 9.81. The number of aliphatic hydroxyl groups is 1. The number of H-pyrrole nitrogens is 1. The van der Waals surface area contributed by atoms with Crippen LogP contribution in [0.1, 0.15) is 35.8 Å². The van der Waals surface area contributed by atoms with E-state index in [0.717, 1.165) is 12.8 Å². The van der Waals surface area contributed by atoms with Crippen LogP contribution < -0.4 is 16.0 Å². The van der Waals surface area contributed by atoms with E-state index >= 15 is 0 Å². The van der Waals surface area contributed by atoms with Gasteiger partial charge in [-0.15, -0.1) is 0 Å². The van der Waals surface area contributed by atoms with Gasteiger partial charge in [0, 0.05) is 42.3 Å². The van der Waals surface area contributed by atoms with Gasteiger partial charge in [-0.25, -0.2) is 4.39 Å². The smallest absolute Gasteiger partial charge is 0.245 e. The fourth-order valence-electron chi connectivity index (χ4n) is 4.53. The first kappa shape index (κ1) is 28.1. The standard InChI is InChI=1S/C28H29ClFN7O4/c1-16(38)27-20-12-18(33-28(41)34-23-6-3-11-31-23)7-10-22(20)37(35-27)15-25(40)36(19-8-9-19)14-24(39)32-13-17-4-2-5-21(29)26(17)30/h2-7,10-12,19,28,31,33-34,41H,8-9,13-15H2,1H3,(H,32,39). The van der Waals surface area contributed by atoms with Gasteiger partial charge in [-0.3, -0.25) is 19.1 Å². The SMILES string of the molecule is CC(=O)c1nn(CC(=O)N(CC(=O)NCc2cccc(Cl)c2F)C2CC2)c2ccc(NC(O)Nc3ccc[nH]3)cc12. The normalized spacial score (nSPS) is 13.6. The Kier molecular flexibility index (Phi) is 8.22. The Bertz CT molecular complexity index is 1590. The lowest BCUT2D eigenvalue weighted by atomic mass is 10.1. The fraction of sp³-hybridized carbons (Fsp3) is 0.286. The summed E-state index contributed by atoms with van der Waals surface area (Å²) in [4.78, 5) is 42.8. The number of aliphatic hydroxyl groups excluding tert-OH is 1. The molecule has 1 unspecified atom stereocenters. The summed E-state index contributed by atoms with van der Waals surface area (Å²) in [5.74, 6) is -1.02. The molecule has 11 nitrogen and oxygen atoms in total. The van der Waals surface area contributed by atoms with Crippen LogP contribution in [0.15, 0.2) is 54.7 Å². The van der Waals surface area contributed by atoms with Crippen LogP contribution in [0.3, 0.4) is 0 Å². The molecule has 5 rings (SSSR count). The number of carbonyl (C=O) groups excluding carboxylic acids is 3. The van der Waals surface area contributed by atoms with Crippen LogP contribution in [0.5, 0.6) is 0 Å². The molecule has 2 amide bonds. The molecule has 0 bridgehead atoms. The van der Waals surface area contributed by atoms with Gasteiger partial charge in [0.05, 0.1) is 17.1 Å². The number of aromatic nitrogens is 3. The molecule has 41 heavy (non-hydrogen) atoms. The molecular weight excluding hydrogens is 553 g/mol. The zero-order valence-electron chi connectivity index (χ0n) is 22.2. The van der Waals surface area contributed by atoms with Gasteiger partial charge in [0.2, 0.25) is 18.2 Å². The van der Waals surface area contributed by atoms with Gasteiger partial charge in [-0.1, -0.05) is 23.7 Å². The van der Waals surface area contributed by atoms with Crippen LogP contribution in [-0.4, -0.2) is 61.3 Å². The molecule has 2 aromatic carbocycles. The zero-order valence-corrected chi connectivity index (χ0v) is 22.9. The Labute approximate surface area is 239 Å². The topological polar surface area (TPSA) is 144 Å². The van der Waals surface area contributed by atoms with Crippen LogP contribution in [0.25, 0.3) is 10.9 Å². The van der Waals surface area contributed by atoms with E-state index in [1.54, 1.807) is 42.6 Å². The quantitative estimate of drug-likeness (QED) is 0.127. The number of benzene rings is 2. The van der Waals surface area contributed by atoms with Gasteiger partial charge in [-0.2, -0.15) is 5.10 Å². The highest BCUT2D eigenvalue weighted by molar-refractivity contribution is 6.30. The third-order valence-corrected chi connectivity index (χ3v) is 6.98. The first-order valence-corrected chi connectivity index (χ1v) is 13.4. The van der Waals surface area contributed by atoms with E-state index in [4.69, 9.17) is 11.6 Å². The number of aromatic amines is 1. The highest BCUT2D eigenvalue weighted by Crippen LogP contribution is 2.28. The minimum Gasteiger partial charge on any atom is -0.357 e. The van der Waals surface area contributed by atoms with Crippen LogP contribution >= 0.6 is 11.6 Å². The number of anilines is 2. The van der Waals surface area contributed by atoms with Crippen molar-refractivity contribution in [3.8, 4) is 0 Å². The number of fused-ring (bicyclic) bond motifs is 1. The number of rotatable bonds is 12. The van der Waals surface area contributed by atoms with E-state index in [2.05, 4.69) is 26.0 Å². The van der Waals surface area contributed by atoms with Gasteiger partial charge in [0.15, 0.2) is 5.78 Å². The van der Waals surface area contributed by atoms with Crippen molar-refractivity contribution in [3.63, 3.8) is 0 Å². The minimum atomic E-state index is -1.11. The summed E-state index contributed by atoms with van der Waals surface area (Å²) in [6.07, 6.45) is 2.15. The molecule has 13 heteroatoms. The van der Waals surface area contributed by atoms with Crippen molar-refractivity contribution in [2.75, 3.05) is 17.2 Å². The van der Waals surface area contributed by atoms with Crippen molar-refractivity contribution in [2.45, 2.75) is 45.2 Å². The maximum Gasteiger partial charge on any atom is 0.245 e.